The number of hydrogen-bond acceptors (Lipinski definition) is 3. The number of carbonyl (C=O) groups excluding carboxylic acids is 2. The molecule has 2 rings (SSSR count). The molecule has 2 unspecified atom stereocenters. The van der Waals surface area contributed by atoms with Crippen molar-refractivity contribution in [3.05, 3.63) is 35.4 Å². The number of aliphatic carboxylic acids is 1. The zero-order valence-corrected chi connectivity index (χ0v) is 15.0. The standard InChI is InChI=1S/C19H26N2O4/c1-12(2)8-16(19(24)25)20-18(23)15-9-17(22)21(11-15)10-14-6-4-13(3)5-7-14/h4-7,12,15-16H,8-11H2,1-3H3,(H,20,23)(H,24,25). The molecule has 6 nitrogen and oxygen atoms in total. The molecule has 25 heavy (non-hydrogen) atoms. The predicted octanol–water partition coefficient (Wildman–Crippen LogP) is 1.96. The lowest BCUT2D eigenvalue weighted by atomic mass is 10.0. The third kappa shape index (κ3) is 5.31. The molecule has 1 fully saturated rings. The molecule has 2 amide bonds. The second-order valence-electron chi connectivity index (χ2n) is 7.19. The zero-order chi connectivity index (χ0) is 18.6. The molecule has 0 aromatic heterocycles. The first-order valence-electron chi connectivity index (χ1n) is 8.62. The molecule has 1 aromatic carbocycles. The molecular formula is C19H26N2O4. The third-order valence-electron chi connectivity index (χ3n) is 4.40. The summed E-state index contributed by atoms with van der Waals surface area (Å²) in [7, 11) is 0. The van der Waals surface area contributed by atoms with Crippen LogP contribution in [0.25, 0.3) is 0 Å². The van der Waals surface area contributed by atoms with Gasteiger partial charge in [-0.3, -0.25) is 9.59 Å². The van der Waals surface area contributed by atoms with Crippen LogP contribution in [0.5, 0.6) is 0 Å². The van der Waals surface area contributed by atoms with Gasteiger partial charge in [0.2, 0.25) is 11.8 Å². The molecule has 1 aliphatic heterocycles. The third-order valence-corrected chi connectivity index (χ3v) is 4.40. The highest BCUT2D eigenvalue weighted by Crippen LogP contribution is 2.21. The van der Waals surface area contributed by atoms with E-state index < -0.39 is 17.9 Å². The Morgan fingerprint density at radius 1 is 1.28 bits per heavy atom. The molecule has 2 N–H and O–H groups in total. The van der Waals surface area contributed by atoms with Crippen molar-refractivity contribution in [2.45, 2.75) is 46.2 Å². The molecule has 136 valence electrons. The Morgan fingerprint density at radius 2 is 1.92 bits per heavy atom. The number of amides is 2. The highest BCUT2D eigenvalue weighted by atomic mass is 16.4. The van der Waals surface area contributed by atoms with Crippen LogP contribution in [0.3, 0.4) is 0 Å². The van der Waals surface area contributed by atoms with Crippen LogP contribution in [0.15, 0.2) is 24.3 Å². The minimum Gasteiger partial charge on any atom is -0.480 e. The number of carboxylic acids is 1. The van der Waals surface area contributed by atoms with Crippen LogP contribution in [0, 0.1) is 18.8 Å². The molecule has 2 atom stereocenters. The Hall–Kier alpha value is -2.37. The monoisotopic (exact) mass is 346 g/mol. The van der Waals surface area contributed by atoms with Crippen molar-refractivity contribution in [2.75, 3.05) is 6.54 Å². The van der Waals surface area contributed by atoms with Crippen molar-refractivity contribution in [3.8, 4) is 0 Å². The van der Waals surface area contributed by atoms with E-state index in [0.717, 1.165) is 11.1 Å². The van der Waals surface area contributed by atoms with Gasteiger partial charge in [-0.1, -0.05) is 43.7 Å². The van der Waals surface area contributed by atoms with Gasteiger partial charge in [0, 0.05) is 19.5 Å². The van der Waals surface area contributed by atoms with Crippen LogP contribution >= 0.6 is 0 Å². The summed E-state index contributed by atoms with van der Waals surface area (Å²) in [5.74, 6) is -1.80. The van der Waals surface area contributed by atoms with Crippen LogP contribution in [0.2, 0.25) is 0 Å². The maximum atomic E-state index is 12.4. The first-order valence-corrected chi connectivity index (χ1v) is 8.62. The Kier molecular flexibility index (Phi) is 6.17. The van der Waals surface area contributed by atoms with Crippen molar-refractivity contribution in [2.24, 2.45) is 11.8 Å². The maximum absolute atomic E-state index is 12.4. The number of carbonyl (C=O) groups is 3. The minimum absolute atomic E-state index is 0.0727. The van der Waals surface area contributed by atoms with Gasteiger partial charge >= 0.3 is 5.97 Å². The van der Waals surface area contributed by atoms with Gasteiger partial charge in [0.05, 0.1) is 5.92 Å². The first kappa shape index (κ1) is 19.0. The summed E-state index contributed by atoms with van der Waals surface area (Å²) in [6.45, 7) is 6.61. The molecule has 1 aromatic rings. The van der Waals surface area contributed by atoms with Crippen LogP contribution in [-0.4, -0.2) is 40.4 Å². The maximum Gasteiger partial charge on any atom is 0.326 e. The number of aryl methyl sites for hydroxylation is 1. The number of hydrogen-bond donors (Lipinski definition) is 2. The van der Waals surface area contributed by atoms with E-state index in [0.29, 0.717) is 19.5 Å². The fourth-order valence-electron chi connectivity index (χ4n) is 3.00. The smallest absolute Gasteiger partial charge is 0.326 e. The highest BCUT2D eigenvalue weighted by Gasteiger charge is 2.35. The lowest BCUT2D eigenvalue weighted by Gasteiger charge is -2.19. The second-order valence-corrected chi connectivity index (χ2v) is 7.19. The van der Waals surface area contributed by atoms with E-state index in [4.69, 9.17) is 0 Å². The molecule has 0 saturated carbocycles. The van der Waals surface area contributed by atoms with E-state index in [1.807, 2.05) is 45.0 Å². The fraction of sp³-hybridized carbons (Fsp3) is 0.526. The highest BCUT2D eigenvalue weighted by molar-refractivity contribution is 5.91. The van der Waals surface area contributed by atoms with E-state index in [2.05, 4.69) is 5.32 Å². The van der Waals surface area contributed by atoms with Crippen LogP contribution in [0.4, 0.5) is 0 Å². The van der Waals surface area contributed by atoms with Crippen molar-refractivity contribution in [1.82, 2.24) is 10.2 Å². The molecule has 0 bridgehead atoms. The number of benzene rings is 1. The molecule has 1 saturated heterocycles. The normalized spacial score (nSPS) is 18.5. The molecule has 1 heterocycles. The van der Waals surface area contributed by atoms with Gasteiger partial charge in [-0.2, -0.15) is 0 Å². The zero-order valence-electron chi connectivity index (χ0n) is 15.0. The Bertz CT molecular complexity index is 639. The van der Waals surface area contributed by atoms with Crippen LogP contribution < -0.4 is 5.32 Å². The van der Waals surface area contributed by atoms with Gasteiger partial charge in [-0.25, -0.2) is 4.79 Å². The molecule has 0 spiro atoms. The van der Waals surface area contributed by atoms with E-state index in [9.17, 15) is 19.5 Å². The minimum atomic E-state index is -1.04. The average Bonchev–Trinajstić information content (AvgIpc) is 2.89. The van der Waals surface area contributed by atoms with Crippen molar-refractivity contribution >= 4 is 17.8 Å². The quantitative estimate of drug-likeness (QED) is 0.790. The Labute approximate surface area is 148 Å². The Balaban J connectivity index is 1.95. The van der Waals surface area contributed by atoms with Crippen LogP contribution in [-0.2, 0) is 20.9 Å². The summed E-state index contributed by atoms with van der Waals surface area (Å²) in [6, 6.07) is 7.01. The van der Waals surface area contributed by atoms with Gasteiger partial charge < -0.3 is 15.3 Å². The van der Waals surface area contributed by atoms with E-state index in [-0.39, 0.29) is 24.2 Å². The molecule has 0 radical (unpaired) electrons. The summed E-state index contributed by atoms with van der Waals surface area (Å²) >= 11 is 0. The summed E-state index contributed by atoms with van der Waals surface area (Å²) < 4.78 is 0. The van der Waals surface area contributed by atoms with Crippen LogP contribution in [0.1, 0.15) is 37.8 Å². The van der Waals surface area contributed by atoms with E-state index in [1.165, 1.54) is 0 Å². The molecular weight excluding hydrogens is 320 g/mol. The number of carboxylic acid groups (broad SMARTS) is 1. The predicted molar refractivity (Wildman–Crippen MR) is 93.7 cm³/mol. The van der Waals surface area contributed by atoms with Gasteiger partial charge in [0.25, 0.3) is 0 Å². The Morgan fingerprint density at radius 3 is 2.48 bits per heavy atom. The summed E-state index contributed by atoms with van der Waals surface area (Å²) in [4.78, 5) is 37.5. The molecule has 0 aliphatic carbocycles. The lowest BCUT2D eigenvalue weighted by molar-refractivity contribution is -0.142. The molecule has 6 heteroatoms. The van der Waals surface area contributed by atoms with Crippen molar-refractivity contribution < 1.29 is 19.5 Å². The van der Waals surface area contributed by atoms with E-state index in [1.54, 1.807) is 4.90 Å². The van der Waals surface area contributed by atoms with Gasteiger partial charge in [-0.05, 0) is 24.8 Å². The molecule has 1 aliphatic rings. The number of likely N-dealkylation sites (tertiary alicyclic amines) is 1. The summed E-state index contributed by atoms with van der Waals surface area (Å²) in [6.07, 6.45) is 0.501. The van der Waals surface area contributed by atoms with Crippen molar-refractivity contribution in [1.29, 1.82) is 0 Å². The summed E-state index contributed by atoms with van der Waals surface area (Å²) in [5.41, 5.74) is 2.17. The van der Waals surface area contributed by atoms with Gasteiger partial charge in [-0.15, -0.1) is 0 Å². The second kappa shape index (κ2) is 8.14. The topological polar surface area (TPSA) is 86.7 Å². The van der Waals surface area contributed by atoms with Crippen molar-refractivity contribution in [3.63, 3.8) is 0 Å². The first-order chi connectivity index (χ1) is 11.8. The number of nitrogens with one attached hydrogen (secondary N) is 1. The SMILES string of the molecule is Cc1ccc(CN2CC(C(=O)NC(CC(C)C)C(=O)O)CC2=O)cc1. The number of rotatable bonds is 7. The summed E-state index contributed by atoms with van der Waals surface area (Å²) in [5, 5.41) is 11.8. The van der Waals surface area contributed by atoms with Gasteiger partial charge in [0.1, 0.15) is 6.04 Å². The van der Waals surface area contributed by atoms with E-state index >= 15 is 0 Å². The largest absolute Gasteiger partial charge is 0.480 e. The number of nitrogens with zero attached hydrogens (tertiary/aromatic N) is 1. The average molecular weight is 346 g/mol. The lowest BCUT2D eigenvalue weighted by Crippen LogP contribution is -2.44. The fourth-order valence-corrected chi connectivity index (χ4v) is 3.00. The van der Waals surface area contributed by atoms with Gasteiger partial charge in [0.15, 0.2) is 0 Å².